The fourth-order valence-corrected chi connectivity index (χ4v) is 3.21. The van der Waals surface area contributed by atoms with Gasteiger partial charge in [0, 0.05) is 13.1 Å². The first-order chi connectivity index (χ1) is 13.5. The monoisotopic (exact) mass is 385 g/mol. The fourth-order valence-electron chi connectivity index (χ4n) is 3.21. The largest absolute Gasteiger partial charge is 0.504 e. The van der Waals surface area contributed by atoms with Crippen LogP contribution < -0.4 is 4.90 Å². The first-order valence-electron chi connectivity index (χ1n) is 8.78. The van der Waals surface area contributed by atoms with Crippen molar-refractivity contribution in [2.24, 2.45) is 0 Å². The molecule has 0 aliphatic carbocycles. The minimum absolute atomic E-state index is 0.0586. The molecule has 1 N–H and O–H groups in total. The van der Waals surface area contributed by atoms with Crippen molar-refractivity contribution in [3.05, 3.63) is 76.7 Å². The van der Waals surface area contributed by atoms with Gasteiger partial charge in [-0.05, 0) is 41.5 Å². The van der Waals surface area contributed by atoms with Crippen LogP contribution in [0.5, 0.6) is 0 Å². The van der Waals surface area contributed by atoms with Crippen LogP contribution in [-0.2, 0) is 14.3 Å². The highest BCUT2D eigenvalue weighted by molar-refractivity contribution is 6.20. The molecule has 2 aromatic carbocycles. The van der Waals surface area contributed by atoms with Crippen LogP contribution in [0.15, 0.2) is 54.0 Å². The number of hydrogen-bond acceptors (Lipinski definition) is 5. The Hall–Kier alpha value is -3.19. The second kappa shape index (κ2) is 7.44. The number of aliphatic hydroxyl groups is 1. The quantitative estimate of drug-likeness (QED) is 0.817. The molecule has 28 heavy (non-hydrogen) atoms. The SMILES string of the molecule is O=C1O/C(=C\c2ccc(N3CCOCC3)c(F)c2)C(O)=C1c1ccc(F)cc1. The maximum absolute atomic E-state index is 14.5. The summed E-state index contributed by atoms with van der Waals surface area (Å²) in [5.74, 6) is -2.07. The Labute approximate surface area is 160 Å². The van der Waals surface area contributed by atoms with Gasteiger partial charge in [0.1, 0.15) is 17.2 Å². The highest BCUT2D eigenvalue weighted by Gasteiger charge is 2.31. The Morgan fingerprint density at radius 3 is 2.43 bits per heavy atom. The van der Waals surface area contributed by atoms with E-state index < -0.39 is 17.6 Å². The molecule has 2 aliphatic heterocycles. The molecule has 144 valence electrons. The van der Waals surface area contributed by atoms with E-state index in [-0.39, 0.29) is 17.1 Å². The van der Waals surface area contributed by atoms with E-state index in [2.05, 4.69) is 0 Å². The second-order valence-corrected chi connectivity index (χ2v) is 6.44. The first kappa shape index (κ1) is 18.2. The molecule has 0 atom stereocenters. The molecule has 4 rings (SSSR count). The highest BCUT2D eigenvalue weighted by Crippen LogP contribution is 2.33. The maximum Gasteiger partial charge on any atom is 0.348 e. The Kier molecular flexibility index (Phi) is 4.83. The molecule has 2 aromatic rings. The molecule has 0 amide bonds. The number of carbonyl (C=O) groups is 1. The maximum atomic E-state index is 14.5. The number of nitrogens with zero attached hydrogens (tertiary/aromatic N) is 1. The number of halogens is 2. The minimum Gasteiger partial charge on any atom is -0.504 e. The second-order valence-electron chi connectivity index (χ2n) is 6.44. The number of benzene rings is 2. The van der Waals surface area contributed by atoms with Crippen LogP contribution in [0.4, 0.5) is 14.5 Å². The van der Waals surface area contributed by atoms with Crippen molar-refractivity contribution in [1.82, 2.24) is 0 Å². The molecule has 2 aliphatic rings. The van der Waals surface area contributed by atoms with Gasteiger partial charge >= 0.3 is 5.97 Å². The number of morpholine rings is 1. The van der Waals surface area contributed by atoms with Gasteiger partial charge in [0.25, 0.3) is 0 Å². The van der Waals surface area contributed by atoms with Crippen molar-refractivity contribution in [1.29, 1.82) is 0 Å². The van der Waals surface area contributed by atoms with Gasteiger partial charge in [-0.3, -0.25) is 0 Å². The molecular formula is C21H17F2NO4. The predicted molar refractivity (Wildman–Crippen MR) is 99.4 cm³/mol. The number of carbonyl (C=O) groups excluding carboxylic acids is 1. The molecule has 1 fully saturated rings. The molecule has 0 saturated carbocycles. The summed E-state index contributed by atoms with van der Waals surface area (Å²) in [5.41, 5.74) is 1.18. The lowest BCUT2D eigenvalue weighted by atomic mass is 10.0. The molecule has 0 unspecified atom stereocenters. The summed E-state index contributed by atoms with van der Waals surface area (Å²) in [4.78, 5) is 14.0. The third-order valence-electron chi connectivity index (χ3n) is 4.63. The zero-order valence-electron chi connectivity index (χ0n) is 14.8. The van der Waals surface area contributed by atoms with Crippen LogP contribution in [0.25, 0.3) is 11.6 Å². The predicted octanol–water partition coefficient (Wildman–Crippen LogP) is 3.67. The Bertz CT molecular complexity index is 976. The lowest BCUT2D eigenvalue weighted by Gasteiger charge is -2.29. The number of hydrogen-bond donors (Lipinski definition) is 1. The Morgan fingerprint density at radius 1 is 1.04 bits per heavy atom. The molecular weight excluding hydrogens is 368 g/mol. The van der Waals surface area contributed by atoms with E-state index in [1.807, 2.05) is 4.90 Å². The van der Waals surface area contributed by atoms with E-state index in [1.54, 1.807) is 12.1 Å². The van der Waals surface area contributed by atoms with E-state index in [9.17, 15) is 18.7 Å². The van der Waals surface area contributed by atoms with E-state index >= 15 is 0 Å². The summed E-state index contributed by atoms with van der Waals surface area (Å²) in [6, 6.07) is 9.76. The van der Waals surface area contributed by atoms with Crippen molar-refractivity contribution in [3.63, 3.8) is 0 Å². The molecule has 5 nitrogen and oxygen atoms in total. The smallest absolute Gasteiger partial charge is 0.348 e. The van der Waals surface area contributed by atoms with Crippen LogP contribution in [0.1, 0.15) is 11.1 Å². The van der Waals surface area contributed by atoms with Crippen molar-refractivity contribution >= 4 is 23.3 Å². The summed E-state index contributed by atoms with van der Waals surface area (Å²) in [6.07, 6.45) is 1.38. The van der Waals surface area contributed by atoms with Gasteiger partial charge in [0.2, 0.25) is 0 Å². The minimum atomic E-state index is -0.749. The van der Waals surface area contributed by atoms with Gasteiger partial charge in [-0.2, -0.15) is 0 Å². The normalized spacial score (nSPS) is 18.7. The van der Waals surface area contributed by atoms with Gasteiger partial charge in [-0.1, -0.05) is 18.2 Å². The number of aliphatic hydroxyl groups excluding tert-OH is 1. The van der Waals surface area contributed by atoms with Gasteiger partial charge in [0.15, 0.2) is 11.5 Å². The Balaban J connectivity index is 1.62. The summed E-state index contributed by atoms with van der Waals surface area (Å²) in [6.45, 7) is 2.32. The molecule has 2 heterocycles. The number of cyclic esters (lactones) is 1. The average Bonchev–Trinajstić information content (AvgIpc) is 2.97. The summed E-state index contributed by atoms with van der Waals surface area (Å²) < 4.78 is 38.0. The lowest BCUT2D eigenvalue weighted by molar-refractivity contribution is -0.131. The third-order valence-corrected chi connectivity index (χ3v) is 4.63. The lowest BCUT2D eigenvalue weighted by Crippen LogP contribution is -2.36. The summed E-state index contributed by atoms with van der Waals surface area (Å²) in [7, 11) is 0. The summed E-state index contributed by atoms with van der Waals surface area (Å²) >= 11 is 0. The van der Waals surface area contributed by atoms with Crippen LogP contribution in [0, 0.1) is 11.6 Å². The molecule has 7 heteroatoms. The molecule has 1 saturated heterocycles. The van der Waals surface area contributed by atoms with E-state index in [0.717, 1.165) is 0 Å². The third kappa shape index (κ3) is 3.48. The van der Waals surface area contributed by atoms with Crippen LogP contribution >= 0.6 is 0 Å². The zero-order chi connectivity index (χ0) is 19.7. The van der Waals surface area contributed by atoms with Gasteiger partial charge in [-0.25, -0.2) is 13.6 Å². The van der Waals surface area contributed by atoms with Gasteiger partial charge in [0.05, 0.1) is 18.9 Å². The van der Waals surface area contributed by atoms with Crippen molar-refractivity contribution in [2.45, 2.75) is 0 Å². The topological polar surface area (TPSA) is 59.0 Å². The van der Waals surface area contributed by atoms with Crippen molar-refractivity contribution in [2.75, 3.05) is 31.2 Å². The molecule has 0 bridgehead atoms. The number of ether oxygens (including phenoxy) is 2. The van der Waals surface area contributed by atoms with Crippen LogP contribution in [0.2, 0.25) is 0 Å². The van der Waals surface area contributed by atoms with E-state index in [4.69, 9.17) is 9.47 Å². The molecule has 0 aromatic heterocycles. The molecule has 0 spiro atoms. The Morgan fingerprint density at radius 2 is 1.75 bits per heavy atom. The summed E-state index contributed by atoms with van der Waals surface area (Å²) in [5, 5.41) is 10.4. The zero-order valence-corrected chi connectivity index (χ0v) is 14.8. The van der Waals surface area contributed by atoms with Crippen molar-refractivity contribution < 1.29 is 28.2 Å². The van der Waals surface area contributed by atoms with Crippen LogP contribution in [-0.4, -0.2) is 37.4 Å². The standard InChI is InChI=1S/C21H17F2NO4/c22-15-4-2-14(3-5-15)19-20(25)18(28-21(19)26)12-13-1-6-17(16(23)11-13)24-7-9-27-10-8-24/h1-6,11-12,25H,7-10H2/b18-12-. The van der Waals surface area contributed by atoms with Gasteiger partial charge in [-0.15, -0.1) is 0 Å². The number of anilines is 1. The van der Waals surface area contributed by atoms with Crippen molar-refractivity contribution in [3.8, 4) is 0 Å². The van der Waals surface area contributed by atoms with Gasteiger partial charge < -0.3 is 19.5 Å². The number of rotatable bonds is 3. The highest BCUT2D eigenvalue weighted by atomic mass is 19.1. The van der Waals surface area contributed by atoms with Crippen LogP contribution in [0.3, 0.4) is 0 Å². The number of esters is 1. The fraction of sp³-hybridized carbons (Fsp3) is 0.190. The van der Waals surface area contributed by atoms with E-state index in [1.165, 1.54) is 36.4 Å². The first-order valence-corrected chi connectivity index (χ1v) is 8.78. The molecule has 0 radical (unpaired) electrons. The average molecular weight is 385 g/mol. The van der Waals surface area contributed by atoms with E-state index in [0.29, 0.717) is 43.1 Å².